The average molecular weight is 301 g/mol. The highest BCUT2D eigenvalue weighted by Gasteiger charge is 2.08. The first-order chi connectivity index (χ1) is 10.2. The van der Waals surface area contributed by atoms with Crippen molar-refractivity contribution in [3.05, 3.63) is 60.5 Å². The summed E-state index contributed by atoms with van der Waals surface area (Å²) in [4.78, 5) is 9.24. The van der Waals surface area contributed by atoms with Gasteiger partial charge in [0.2, 0.25) is 5.89 Å². The van der Waals surface area contributed by atoms with Gasteiger partial charge in [-0.25, -0.2) is 9.37 Å². The van der Waals surface area contributed by atoms with E-state index in [4.69, 9.17) is 10.2 Å². The number of aromatic nitrogens is 2. The van der Waals surface area contributed by atoms with E-state index < -0.39 is 0 Å². The molecule has 2 heterocycles. The van der Waals surface area contributed by atoms with Crippen molar-refractivity contribution in [2.45, 2.75) is 10.6 Å². The SMILES string of the molecule is Nc1cnccc1SCc1coc(-c2cccc(F)c2)n1. The molecule has 21 heavy (non-hydrogen) atoms. The minimum atomic E-state index is -0.314. The van der Waals surface area contributed by atoms with Gasteiger partial charge in [0.05, 0.1) is 17.6 Å². The van der Waals surface area contributed by atoms with Crippen LogP contribution in [0.15, 0.2) is 58.3 Å². The summed E-state index contributed by atoms with van der Waals surface area (Å²) in [6.07, 6.45) is 4.88. The van der Waals surface area contributed by atoms with Crippen molar-refractivity contribution < 1.29 is 8.81 Å². The molecule has 0 unspecified atom stereocenters. The van der Waals surface area contributed by atoms with Crippen LogP contribution < -0.4 is 5.73 Å². The number of rotatable bonds is 4. The molecule has 0 fully saturated rings. The first-order valence-electron chi connectivity index (χ1n) is 6.25. The third-order valence-corrected chi connectivity index (χ3v) is 3.93. The fraction of sp³-hybridized carbons (Fsp3) is 0.0667. The Labute approximate surface area is 125 Å². The van der Waals surface area contributed by atoms with Crippen molar-refractivity contribution in [1.29, 1.82) is 0 Å². The van der Waals surface area contributed by atoms with Crippen molar-refractivity contribution in [2.24, 2.45) is 0 Å². The molecule has 0 saturated heterocycles. The van der Waals surface area contributed by atoms with Crippen LogP contribution in [0.2, 0.25) is 0 Å². The lowest BCUT2D eigenvalue weighted by molar-refractivity contribution is 0.571. The van der Waals surface area contributed by atoms with Gasteiger partial charge in [0.15, 0.2) is 0 Å². The van der Waals surface area contributed by atoms with E-state index in [-0.39, 0.29) is 5.82 Å². The van der Waals surface area contributed by atoms with Crippen LogP contribution in [0, 0.1) is 5.82 Å². The molecule has 0 saturated carbocycles. The molecule has 3 aromatic rings. The Morgan fingerprint density at radius 1 is 1.29 bits per heavy atom. The highest BCUT2D eigenvalue weighted by Crippen LogP contribution is 2.28. The molecule has 0 aliphatic rings. The molecule has 2 aromatic heterocycles. The predicted octanol–water partition coefficient (Wildman–Crippen LogP) is 3.75. The number of hydrogen-bond acceptors (Lipinski definition) is 5. The van der Waals surface area contributed by atoms with Crippen LogP contribution in [-0.2, 0) is 5.75 Å². The molecule has 2 N–H and O–H groups in total. The lowest BCUT2D eigenvalue weighted by atomic mass is 10.2. The smallest absolute Gasteiger partial charge is 0.226 e. The topological polar surface area (TPSA) is 64.9 Å². The van der Waals surface area contributed by atoms with Crippen LogP contribution >= 0.6 is 11.8 Å². The fourth-order valence-electron chi connectivity index (χ4n) is 1.80. The van der Waals surface area contributed by atoms with E-state index in [0.29, 0.717) is 22.9 Å². The number of thioether (sulfide) groups is 1. The zero-order valence-corrected chi connectivity index (χ0v) is 11.8. The highest BCUT2D eigenvalue weighted by molar-refractivity contribution is 7.98. The van der Waals surface area contributed by atoms with Crippen LogP contribution in [0.1, 0.15) is 5.69 Å². The molecular weight excluding hydrogens is 289 g/mol. The standard InChI is InChI=1S/C15H12FN3OS/c16-11-3-1-2-10(6-11)15-19-12(8-20-15)9-21-14-4-5-18-7-13(14)17/h1-8H,9,17H2. The number of anilines is 1. The van der Waals surface area contributed by atoms with Crippen LogP contribution in [0.4, 0.5) is 10.1 Å². The second kappa shape index (κ2) is 5.97. The van der Waals surface area contributed by atoms with E-state index in [9.17, 15) is 4.39 Å². The first kappa shape index (κ1) is 13.6. The molecule has 0 atom stereocenters. The third kappa shape index (κ3) is 3.22. The van der Waals surface area contributed by atoms with Crippen LogP contribution in [-0.4, -0.2) is 9.97 Å². The highest BCUT2D eigenvalue weighted by atomic mass is 32.2. The van der Waals surface area contributed by atoms with Crippen molar-refractivity contribution >= 4 is 17.4 Å². The van der Waals surface area contributed by atoms with Crippen molar-refractivity contribution in [3.63, 3.8) is 0 Å². The molecule has 4 nitrogen and oxygen atoms in total. The van der Waals surface area contributed by atoms with E-state index in [1.165, 1.54) is 12.1 Å². The van der Waals surface area contributed by atoms with Gasteiger partial charge in [-0.2, -0.15) is 0 Å². The van der Waals surface area contributed by atoms with Gasteiger partial charge in [-0.3, -0.25) is 4.98 Å². The van der Waals surface area contributed by atoms with Gasteiger partial charge in [0.25, 0.3) is 0 Å². The molecule has 3 rings (SSSR count). The lowest BCUT2D eigenvalue weighted by Crippen LogP contribution is -1.90. The number of nitrogens with zero attached hydrogens (tertiary/aromatic N) is 2. The molecule has 0 amide bonds. The maximum atomic E-state index is 13.2. The summed E-state index contributed by atoms with van der Waals surface area (Å²) >= 11 is 1.55. The third-order valence-electron chi connectivity index (χ3n) is 2.81. The average Bonchev–Trinajstić information content (AvgIpc) is 2.95. The molecule has 0 aliphatic carbocycles. The van der Waals surface area contributed by atoms with Gasteiger partial charge in [0, 0.05) is 22.4 Å². The molecule has 1 aromatic carbocycles. The predicted molar refractivity (Wildman–Crippen MR) is 80.1 cm³/mol. The summed E-state index contributed by atoms with van der Waals surface area (Å²) in [7, 11) is 0. The van der Waals surface area contributed by atoms with E-state index in [1.807, 2.05) is 6.07 Å². The summed E-state index contributed by atoms with van der Waals surface area (Å²) in [6.45, 7) is 0. The summed E-state index contributed by atoms with van der Waals surface area (Å²) in [5, 5.41) is 0. The largest absolute Gasteiger partial charge is 0.444 e. The van der Waals surface area contributed by atoms with Gasteiger partial charge in [-0.1, -0.05) is 6.07 Å². The number of benzene rings is 1. The van der Waals surface area contributed by atoms with E-state index in [2.05, 4.69) is 9.97 Å². The Morgan fingerprint density at radius 2 is 2.19 bits per heavy atom. The number of pyridine rings is 1. The van der Waals surface area contributed by atoms with Gasteiger partial charge >= 0.3 is 0 Å². The molecule has 0 radical (unpaired) electrons. The second-order valence-electron chi connectivity index (χ2n) is 4.36. The summed E-state index contributed by atoms with van der Waals surface area (Å²) in [5.41, 5.74) is 7.86. The minimum absolute atomic E-state index is 0.314. The quantitative estimate of drug-likeness (QED) is 0.743. The Morgan fingerprint density at radius 3 is 3.00 bits per heavy atom. The zero-order valence-electron chi connectivity index (χ0n) is 11.0. The van der Waals surface area contributed by atoms with E-state index >= 15 is 0 Å². The molecule has 0 spiro atoms. The van der Waals surface area contributed by atoms with Gasteiger partial charge in [-0.05, 0) is 24.3 Å². The van der Waals surface area contributed by atoms with Crippen LogP contribution in [0.3, 0.4) is 0 Å². The van der Waals surface area contributed by atoms with Crippen molar-refractivity contribution in [3.8, 4) is 11.5 Å². The Balaban J connectivity index is 1.72. The number of nitrogens with two attached hydrogens (primary N) is 1. The van der Waals surface area contributed by atoms with Crippen molar-refractivity contribution in [1.82, 2.24) is 9.97 Å². The van der Waals surface area contributed by atoms with Crippen LogP contribution in [0.5, 0.6) is 0 Å². The zero-order chi connectivity index (χ0) is 14.7. The number of hydrogen-bond donors (Lipinski definition) is 1. The molecular formula is C15H12FN3OS. The van der Waals surface area contributed by atoms with E-state index in [0.717, 1.165) is 10.6 Å². The van der Waals surface area contributed by atoms with Crippen LogP contribution in [0.25, 0.3) is 11.5 Å². The Hall–Kier alpha value is -2.34. The normalized spacial score (nSPS) is 10.7. The molecule has 6 heteroatoms. The van der Waals surface area contributed by atoms with E-state index in [1.54, 1.807) is 42.6 Å². The van der Waals surface area contributed by atoms with Gasteiger partial charge in [-0.15, -0.1) is 11.8 Å². The number of halogens is 1. The Kier molecular flexibility index (Phi) is 3.87. The van der Waals surface area contributed by atoms with Gasteiger partial charge < -0.3 is 10.2 Å². The Bertz CT molecular complexity index is 760. The molecule has 0 aliphatic heterocycles. The summed E-state index contributed by atoms with van der Waals surface area (Å²) in [6, 6.07) is 8.01. The minimum Gasteiger partial charge on any atom is -0.444 e. The first-order valence-corrected chi connectivity index (χ1v) is 7.23. The summed E-state index contributed by atoms with van der Waals surface area (Å²) < 4.78 is 18.6. The monoisotopic (exact) mass is 301 g/mol. The molecule has 0 bridgehead atoms. The molecule has 106 valence electrons. The number of nitrogen functional groups attached to an aromatic ring is 1. The maximum absolute atomic E-state index is 13.2. The number of oxazole rings is 1. The maximum Gasteiger partial charge on any atom is 0.226 e. The fourth-order valence-corrected chi connectivity index (χ4v) is 2.62. The second-order valence-corrected chi connectivity index (χ2v) is 5.37. The van der Waals surface area contributed by atoms with Gasteiger partial charge in [0.1, 0.15) is 12.1 Å². The summed E-state index contributed by atoms with van der Waals surface area (Å²) in [5.74, 6) is 0.714. The lowest BCUT2D eigenvalue weighted by Gasteiger charge is -2.01. The van der Waals surface area contributed by atoms with Crippen molar-refractivity contribution in [2.75, 3.05) is 5.73 Å².